The molecule has 0 unspecified atom stereocenters. The van der Waals surface area contributed by atoms with Crippen LogP contribution in [-0.2, 0) is 26.7 Å². The lowest BCUT2D eigenvalue weighted by atomic mass is 10.00. The summed E-state index contributed by atoms with van der Waals surface area (Å²) in [5.74, 6) is -0.0471. The van der Waals surface area contributed by atoms with E-state index in [1.165, 1.54) is 11.1 Å². The molecule has 0 saturated carbocycles. The molecule has 0 aliphatic heterocycles. The van der Waals surface area contributed by atoms with Crippen LogP contribution in [0.4, 0.5) is 0 Å². The summed E-state index contributed by atoms with van der Waals surface area (Å²) in [6.07, 6.45) is 2.69. The molecule has 0 fully saturated rings. The van der Waals surface area contributed by atoms with Crippen molar-refractivity contribution in [2.24, 2.45) is 0 Å². The first-order chi connectivity index (χ1) is 8.71. The molecular weight excluding hydrogens is 264 g/mol. The molecule has 1 aromatic rings. The molecule has 0 aromatic heterocycles. The molecule has 1 aromatic carbocycles. The Morgan fingerprint density at radius 1 is 1.17 bits per heavy atom. The molecule has 0 radical (unpaired) electrons. The van der Waals surface area contributed by atoms with Gasteiger partial charge in [-0.3, -0.25) is 0 Å². The Kier molecular flexibility index (Phi) is 6.96. The van der Waals surface area contributed by atoms with Gasteiger partial charge in [0.05, 0.1) is 6.42 Å². The minimum atomic E-state index is -0.941. The van der Waals surface area contributed by atoms with E-state index in [0.29, 0.717) is 16.9 Å². The van der Waals surface area contributed by atoms with Gasteiger partial charge in [0.25, 0.3) is 5.97 Å². The maximum absolute atomic E-state index is 5.48. The van der Waals surface area contributed by atoms with Crippen molar-refractivity contribution in [2.75, 3.05) is 20.0 Å². The number of ether oxygens (including phenoxy) is 2. The van der Waals surface area contributed by atoms with Crippen LogP contribution in [0.25, 0.3) is 0 Å². The predicted octanol–water partition coefficient (Wildman–Crippen LogP) is 1.34. The first kappa shape index (κ1) is 15.7. The van der Waals surface area contributed by atoms with E-state index in [4.69, 9.17) is 13.9 Å². The smallest absolute Gasteiger partial charge is 0.276 e. The predicted molar refractivity (Wildman–Crippen MR) is 80.1 cm³/mol. The minimum absolute atomic E-state index is 0.565. The van der Waals surface area contributed by atoms with Gasteiger partial charge >= 0.3 is 0 Å². The third-order valence-electron chi connectivity index (χ3n) is 3.06. The van der Waals surface area contributed by atoms with Gasteiger partial charge in [-0.05, 0) is 29.7 Å². The Labute approximate surface area is 118 Å². The van der Waals surface area contributed by atoms with Crippen molar-refractivity contribution >= 4 is 23.1 Å². The maximum atomic E-state index is 5.48. The van der Waals surface area contributed by atoms with E-state index >= 15 is 0 Å². The van der Waals surface area contributed by atoms with E-state index < -0.39 is 5.97 Å². The zero-order valence-electron chi connectivity index (χ0n) is 11.3. The van der Waals surface area contributed by atoms with Crippen LogP contribution in [0.15, 0.2) is 24.3 Å². The van der Waals surface area contributed by atoms with Crippen LogP contribution in [0.1, 0.15) is 17.5 Å². The van der Waals surface area contributed by atoms with Crippen LogP contribution in [-0.4, -0.2) is 36.4 Å². The molecule has 0 saturated heterocycles. The van der Waals surface area contributed by atoms with Gasteiger partial charge in [-0.25, -0.2) is 0 Å². The van der Waals surface area contributed by atoms with Crippen LogP contribution in [0.2, 0.25) is 0 Å². The molecule has 0 bridgehead atoms. The van der Waals surface area contributed by atoms with Crippen molar-refractivity contribution in [1.29, 1.82) is 0 Å². The first-order valence-corrected chi connectivity index (χ1v) is 7.49. The molecule has 0 aliphatic carbocycles. The van der Waals surface area contributed by atoms with Crippen LogP contribution >= 0.6 is 12.6 Å². The Balaban J connectivity index is 2.88. The molecule has 0 spiro atoms. The monoisotopic (exact) mass is 286 g/mol. The highest BCUT2D eigenvalue weighted by Crippen LogP contribution is 2.22. The van der Waals surface area contributed by atoms with Gasteiger partial charge in [-0.2, -0.15) is 12.6 Å². The van der Waals surface area contributed by atoms with Crippen molar-refractivity contribution in [1.82, 2.24) is 0 Å². The lowest BCUT2D eigenvalue weighted by Gasteiger charge is -2.30. The number of thiol groups is 1. The molecule has 102 valence electrons. The van der Waals surface area contributed by atoms with Crippen molar-refractivity contribution in [3.63, 3.8) is 0 Å². The molecule has 1 rings (SSSR count). The zero-order valence-corrected chi connectivity index (χ0v) is 14.2. The van der Waals surface area contributed by atoms with Crippen LogP contribution in [0.5, 0.6) is 0 Å². The molecule has 0 atom stereocenters. The second-order valence-corrected chi connectivity index (χ2v) is 4.92. The Hall–Kier alpha value is -0.333. The Morgan fingerprint density at radius 2 is 1.78 bits per heavy atom. The van der Waals surface area contributed by atoms with Gasteiger partial charge in [0.2, 0.25) is 0 Å². The summed E-state index contributed by atoms with van der Waals surface area (Å²) in [5, 5.41) is 0. The summed E-state index contributed by atoms with van der Waals surface area (Å²) < 4.78 is 16.2. The number of hydrogen-bond acceptors (Lipinski definition) is 4. The van der Waals surface area contributed by atoms with E-state index in [0.717, 1.165) is 18.6 Å². The number of aryl methyl sites for hydroxylation is 1. The Bertz CT molecular complexity index is 348. The maximum Gasteiger partial charge on any atom is 0.276 e. The summed E-state index contributed by atoms with van der Waals surface area (Å²) in [5.41, 5.74) is 2.52. The molecule has 0 aliphatic rings. The summed E-state index contributed by atoms with van der Waals surface area (Å²) >= 11 is 4.26. The second-order valence-electron chi connectivity index (χ2n) is 4.07. The van der Waals surface area contributed by atoms with Gasteiger partial charge in [-0.1, -0.05) is 24.3 Å². The quantitative estimate of drug-likeness (QED) is 0.444. The van der Waals surface area contributed by atoms with E-state index in [-0.39, 0.29) is 0 Å². The molecule has 5 heteroatoms. The fourth-order valence-corrected chi connectivity index (χ4v) is 2.58. The standard InChI is InChI=1S/C13H22O3SSi/c1-14-13(15-2,16-18)10-12-7-4-3-6-11(12)8-5-9-17/h3-4,6-7,17H,5,8-10H2,1-2,18H3. The summed E-state index contributed by atoms with van der Waals surface area (Å²) in [4.78, 5) is 0. The SMILES string of the molecule is COC(Cc1ccccc1CCCS)(OC)O[SiH3]. The lowest BCUT2D eigenvalue weighted by Crippen LogP contribution is -2.39. The van der Waals surface area contributed by atoms with E-state index in [1.807, 2.05) is 6.07 Å². The van der Waals surface area contributed by atoms with E-state index in [2.05, 4.69) is 30.8 Å². The average Bonchev–Trinajstić information content (AvgIpc) is 2.44. The highest BCUT2D eigenvalue weighted by Gasteiger charge is 2.29. The second kappa shape index (κ2) is 7.96. The number of hydrogen-bond donors (Lipinski definition) is 1. The van der Waals surface area contributed by atoms with E-state index in [9.17, 15) is 0 Å². The summed E-state index contributed by atoms with van der Waals surface area (Å²) in [6, 6.07) is 8.33. The van der Waals surface area contributed by atoms with Gasteiger partial charge in [0.15, 0.2) is 10.5 Å². The highest BCUT2D eigenvalue weighted by molar-refractivity contribution is 7.80. The number of rotatable bonds is 8. The normalized spacial score (nSPS) is 11.9. The number of benzene rings is 1. The third-order valence-corrected chi connectivity index (χ3v) is 4.00. The van der Waals surface area contributed by atoms with Crippen molar-refractivity contribution < 1.29 is 13.9 Å². The average molecular weight is 286 g/mol. The third kappa shape index (κ3) is 4.10. The summed E-state index contributed by atoms with van der Waals surface area (Å²) in [7, 11) is 3.78. The van der Waals surface area contributed by atoms with Crippen LogP contribution < -0.4 is 0 Å². The van der Waals surface area contributed by atoms with Crippen LogP contribution in [0.3, 0.4) is 0 Å². The fraction of sp³-hybridized carbons (Fsp3) is 0.538. The van der Waals surface area contributed by atoms with Gasteiger partial charge in [0, 0.05) is 14.2 Å². The van der Waals surface area contributed by atoms with E-state index in [1.54, 1.807) is 14.2 Å². The largest absolute Gasteiger partial charge is 0.380 e. The van der Waals surface area contributed by atoms with Gasteiger partial charge < -0.3 is 13.9 Å². The van der Waals surface area contributed by atoms with Crippen LogP contribution in [0, 0.1) is 0 Å². The lowest BCUT2D eigenvalue weighted by molar-refractivity contribution is -0.320. The first-order valence-electron chi connectivity index (χ1n) is 6.04. The summed E-state index contributed by atoms with van der Waals surface area (Å²) in [6.45, 7) is 0. The highest BCUT2D eigenvalue weighted by atomic mass is 32.1. The van der Waals surface area contributed by atoms with Crippen molar-refractivity contribution in [3.05, 3.63) is 35.4 Å². The fourth-order valence-electron chi connectivity index (χ4n) is 1.94. The Morgan fingerprint density at radius 3 is 2.28 bits per heavy atom. The molecular formula is C13H22O3SSi. The number of methoxy groups -OCH3 is 2. The van der Waals surface area contributed by atoms with Crippen molar-refractivity contribution in [2.45, 2.75) is 25.2 Å². The zero-order chi connectivity index (χ0) is 13.4. The van der Waals surface area contributed by atoms with Gasteiger partial charge in [-0.15, -0.1) is 0 Å². The minimum Gasteiger partial charge on any atom is -0.380 e. The van der Waals surface area contributed by atoms with Gasteiger partial charge in [0.1, 0.15) is 0 Å². The topological polar surface area (TPSA) is 27.7 Å². The molecule has 18 heavy (non-hydrogen) atoms. The molecule has 3 nitrogen and oxygen atoms in total. The molecule has 0 heterocycles. The molecule has 0 N–H and O–H groups in total. The van der Waals surface area contributed by atoms with Crippen molar-refractivity contribution in [3.8, 4) is 0 Å². The molecule has 0 amide bonds.